The highest BCUT2D eigenvalue weighted by Crippen LogP contribution is 2.30. The van der Waals surface area contributed by atoms with Crippen LogP contribution in [0, 0.1) is 0 Å². The Labute approximate surface area is 258 Å². The van der Waals surface area contributed by atoms with Gasteiger partial charge >= 0.3 is 0 Å². The molecule has 0 saturated heterocycles. The smallest absolute Gasteiger partial charge is 0.272 e. The number of methoxy groups -OCH3 is 2. The number of H-pyrrole nitrogens is 1. The molecule has 0 spiro atoms. The van der Waals surface area contributed by atoms with E-state index in [1.807, 2.05) is 36.4 Å². The van der Waals surface area contributed by atoms with Gasteiger partial charge in [0.15, 0.2) is 0 Å². The van der Waals surface area contributed by atoms with Crippen LogP contribution in [0.4, 0.5) is 11.4 Å². The van der Waals surface area contributed by atoms with Crippen LogP contribution in [0.5, 0.6) is 11.5 Å². The number of rotatable bonds is 11. The molecule has 0 aliphatic rings. The summed E-state index contributed by atoms with van der Waals surface area (Å²) in [5.41, 5.74) is 3.21. The Morgan fingerprint density at radius 1 is 0.841 bits per heavy atom. The lowest BCUT2D eigenvalue weighted by molar-refractivity contribution is -0.114. The van der Waals surface area contributed by atoms with Gasteiger partial charge in [-0.05, 0) is 54.6 Å². The molecule has 5 rings (SSSR count). The highest BCUT2D eigenvalue weighted by atomic mass is 32.2. The lowest BCUT2D eigenvalue weighted by Gasteiger charge is -2.13. The Kier molecular flexibility index (Phi) is 9.63. The van der Waals surface area contributed by atoms with Crippen LogP contribution in [-0.2, 0) is 9.59 Å². The minimum absolute atomic E-state index is 0.0782. The number of fused-ring (bicyclic) bond motifs is 1. The molecule has 0 fully saturated rings. The number of nitrogens with one attached hydrogen (secondary N) is 4. The molecular formula is C34H30N4O5S. The van der Waals surface area contributed by atoms with E-state index in [1.54, 1.807) is 80.0 Å². The summed E-state index contributed by atoms with van der Waals surface area (Å²) in [5, 5.41) is 9.41. The molecule has 0 radical (unpaired) electrons. The maximum atomic E-state index is 13.5. The van der Waals surface area contributed by atoms with Crippen LogP contribution in [0.3, 0.4) is 0 Å². The zero-order valence-corrected chi connectivity index (χ0v) is 24.9. The topological polar surface area (TPSA) is 122 Å². The number of benzene rings is 4. The first-order valence-electron chi connectivity index (χ1n) is 13.6. The van der Waals surface area contributed by atoms with E-state index in [4.69, 9.17) is 9.47 Å². The Bertz CT molecular complexity index is 1830. The van der Waals surface area contributed by atoms with Crippen LogP contribution >= 0.6 is 11.8 Å². The molecule has 3 amide bonds. The predicted octanol–water partition coefficient (Wildman–Crippen LogP) is 6.33. The SMILES string of the molecule is COc1ccc(NC(=O)CSc2cccc(NC(=O)/C(=C/c3c[nH]c4ccccc34)NC(=O)c3ccccc3)c2)c(OC)c1. The van der Waals surface area contributed by atoms with Gasteiger partial charge in [0.2, 0.25) is 5.91 Å². The minimum atomic E-state index is -0.494. The number of para-hydroxylation sites is 1. The molecule has 0 aliphatic carbocycles. The summed E-state index contributed by atoms with van der Waals surface area (Å²) in [5.74, 6) is 0.114. The van der Waals surface area contributed by atoms with Crippen LogP contribution < -0.4 is 25.4 Å². The molecule has 0 bridgehead atoms. The average Bonchev–Trinajstić information content (AvgIpc) is 3.46. The van der Waals surface area contributed by atoms with Gasteiger partial charge in [-0.2, -0.15) is 0 Å². The summed E-state index contributed by atoms with van der Waals surface area (Å²) in [7, 11) is 3.08. The van der Waals surface area contributed by atoms with Crippen molar-refractivity contribution in [3.63, 3.8) is 0 Å². The number of anilines is 2. The van der Waals surface area contributed by atoms with Crippen molar-refractivity contribution < 1.29 is 23.9 Å². The first-order chi connectivity index (χ1) is 21.4. The highest BCUT2D eigenvalue weighted by molar-refractivity contribution is 8.00. The zero-order valence-electron chi connectivity index (χ0n) is 24.0. The van der Waals surface area contributed by atoms with Gasteiger partial charge in [-0.15, -0.1) is 11.8 Å². The molecule has 0 saturated carbocycles. The van der Waals surface area contributed by atoms with E-state index in [1.165, 1.54) is 18.9 Å². The van der Waals surface area contributed by atoms with Crippen molar-refractivity contribution in [2.24, 2.45) is 0 Å². The summed E-state index contributed by atoms with van der Waals surface area (Å²) in [6, 6.07) is 28.7. The van der Waals surface area contributed by atoms with Gasteiger partial charge in [0.25, 0.3) is 11.8 Å². The van der Waals surface area contributed by atoms with Gasteiger partial charge in [0.1, 0.15) is 17.2 Å². The highest BCUT2D eigenvalue weighted by Gasteiger charge is 2.17. The fourth-order valence-corrected chi connectivity index (χ4v) is 5.17. The third-order valence-corrected chi connectivity index (χ3v) is 7.59. The predicted molar refractivity (Wildman–Crippen MR) is 174 cm³/mol. The number of carbonyl (C=O) groups is 3. The zero-order chi connectivity index (χ0) is 30.9. The molecule has 4 aromatic carbocycles. The van der Waals surface area contributed by atoms with Crippen LogP contribution in [0.2, 0.25) is 0 Å². The molecule has 0 aliphatic heterocycles. The van der Waals surface area contributed by atoms with Gasteiger partial charge in [-0.25, -0.2) is 0 Å². The minimum Gasteiger partial charge on any atom is -0.497 e. The first-order valence-corrected chi connectivity index (χ1v) is 14.6. The largest absolute Gasteiger partial charge is 0.497 e. The maximum Gasteiger partial charge on any atom is 0.272 e. The Balaban J connectivity index is 1.29. The molecule has 222 valence electrons. The quantitative estimate of drug-likeness (QED) is 0.103. The molecule has 4 N–H and O–H groups in total. The number of aromatic nitrogens is 1. The summed E-state index contributed by atoms with van der Waals surface area (Å²) in [6.07, 6.45) is 3.43. The van der Waals surface area contributed by atoms with Gasteiger partial charge in [-0.1, -0.05) is 42.5 Å². The standard InChI is InChI=1S/C34H30N4O5S/c1-42-25-15-16-29(31(19-25)43-2)37-32(39)21-44-26-12-8-11-24(18-26)36-34(41)30(38-33(40)22-9-4-3-5-10-22)17-23-20-35-28-14-7-6-13-27(23)28/h3-20,35H,21H2,1-2H3,(H,36,41)(H,37,39)(H,38,40)/b30-17-. The van der Waals surface area contributed by atoms with E-state index < -0.39 is 11.8 Å². The molecular weight excluding hydrogens is 576 g/mol. The molecule has 10 heteroatoms. The van der Waals surface area contributed by atoms with Crippen molar-refractivity contribution in [2.45, 2.75) is 4.90 Å². The molecule has 44 heavy (non-hydrogen) atoms. The summed E-state index contributed by atoms with van der Waals surface area (Å²) in [4.78, 5) is 43.2. The third kappa shape index (κ3) is 7.47. The van der Waals surface area contributed by atoms with Gasteiger partial charge in [0.05, 0.1) is 25.7 Å². The number of hydrogen-bond acceptors (Lipinski definition) is 6. The molecule has 1 heterocycles. The normalized spacial score (nSPS) is 11.1. The van der Waals surface area contributed by atoms with E-state index in [-0.39, 0.29) is 17.4 Å². The van der Waals surface area contributed by atoms with Crippen molar-refractivity contribution in [1.82, 2.24) is 10.3 Å². The Morgan fingerprint density at radius 2 is 1.64 bits per heavy atom. The first kappa shape index (κ1) is 30.0. The van der Waals surface area contributed by atoms with Gasteiger partial charge in [-0.3, -0.25) is 14.4 Å². The summed E-state index contributed by atoms with van der Waals surface area (Å²) >= 11 is 1.31. The molecule has 0 unspecified atom stereocenters. The number of carbonyl (C=O) groups excluding carboxylic acids is 3. The Hall–Kier alpha value is -5.48. The average molecular weight is 607 g/mol. The Morgan fingerprint density at radius 3 is 2.43 bits per heavy atom. The second-order valence-corrected chi connectivity index (χ2v) is 10.6. The van der Waals surface area contributed by atoms with Gasteiger partial charge in [0, 0.05) is 44.9 Å². The molecule has 5 aromatic rings. The number of thioether (sulfide) groups is 1. The van der Waals surface area contributed by atoms with Crippen LogP contribution in [-0.4, -0.2) is 42.7 Å². The molecule has 1 aromatic heterocycles. The van der Waals surface area contributed by atoms with Crippen molar-refractivity contribution in [1.29, 1.82) is 0 Å². The van der Waals surface area contributed by atoms with Crippen molar-refractivity contribution in [2.75, 3.05) is 30.6 Å². The number of amides is 3. The molecule has 9 nitrogen and oxygen atoms in total. The van der Waals surface area contributed by atoms with E-state index in [2.05, 4.69) is 20.9 Å². The summed E-state index contributed by atoms with van der Waals surface area (Å²) < 4.78 is 10.6. The van der Waals surface area contributed by atoms with E-state index in [0.717, 1.165) is 21.4 Å². The van der Waals surface area contributed by atoms with Gasteiger partial charge < -0.3 is 30.4 Å². The fraction of sp³-hybridized carbons (Fsp3) is 0.0882. The number of hydrogen-bond donors (Lipinski definition) is 4. The van der Waals surface area contributed by atoms with Crippen LogP contribution in [0.1, 0.15) is 15.9 Å². The second kappa shape index (κ2) is 14.1. The fourth-order valence-electron chi connectivity index (χ4n) is 4.41. The van der Waals surface area contributed by atoms with E-state index >= 15 is 0 Å². The van der Waals surface area contributed by atoms with E-state index in [0.29, 0.717) is 28.4 Å². The summed E-state index contributed by atoms with van der Waals surface area (Å²) in [6.45, 7) is 0. The lowest BCUT2D eigenvalue weighted by atomic mass is 10.1. The van der Waals surface area contributed by atoms with Crippen molar-refractivity contribution in [3.05, 3.63) is 120 Å². The maximum absolute atomic E-state index is 13.5. The van der Waals surface area contributed by atoms with Crippen molar-refractivity contribution in [3.8, 4) is 11.5 Å². The van der Waals surface area contributed by atoms with Crippen molar-refractivity contribution >= 4 is 57.8 Å². The monoisotopic (exact) mass is 606 g/mol. The second-order valence-electron chi connectivity index (χ2n) is 9.55. The van der Waals surface area contributed by atoms with Crippen LogP contribution in [0.15, 0.2) is 114 Å². The number of ether oxygens (including phenoxy) is 2. The lowest BCUT2D eigenvalue weighted by Crippen LogP contribution is -2.30. The molecule has 0 atom stereocenters. The number of aromatic amines is 1. The van der Waals surface area contributed by atoms with Crippen LogP contribution in [0.25, 0.3) is 17.0 Å². The third-order valence-electron chi connectivity index (χ3n) is 6.59. The van der Waals surface area contributed by atoms with E-state index in [9.17, 15) is 14.4 Å².